The summed E-state index contributed by atoms with van der Waals surface area (Å²) in [6.07, 6.45) is 0.00964. The molecule has 0 radical (unpaired) electrons. The molecule has 32 heavy (non-hydrogen) atoms. The fourth-order valence-electron chi connectivity index (χ4n) is 4.55. The topological polar surface area (TPSA) is 45.7 Å². The highest BCUT2D eigenvalue weighted by atomic mass is 19.4. The number of carbonyl (C=O) groups excluding carboxylic acids is 1. The second-order valence-corrected chi connectivity index (χ2v) is 8.55. The maximum absolute atomic E-state index is 13.4. The van der Waals surface area contributed by atoms with E-state index in [1.54, 1.807) is 4.90 Å². The molecule has 2 aromatic rings. The monoisotopic (exact) mass is 447 g/mol. The van der Waals surface area contributed by atoms with Crippen molar-refractivity contribution in [3.05, 3.63) is 54.2 Å². The standard InChI is InChI=1S/C24H28F3N3O2/c25-24(26,27)21-9-4-12-28-22(21)30-13-5-6-19(16-30)23(31)29-14-10-18(11-15-29)17-32-20-7-2-1-3-8-20/h1-4,7-9,12,18-19H,5-6,10-11,13-17H2. The van der Waals surface area contributed by atoms with Crippen molar-refractivity contribution in [1.29, 1.82) is 0 Å². The molecule has 2 fully saturated rings. The number of rotatable bonds is 5. The summed E-state index contributed by atoms with van der Waals surface area (Å²) in [4.78, 5) is 20.6. The highest BCUT2D eigenvalue weighted by molar-refractivity contribution is 5.80. The van der Waals surface area contributed by atoms with Gasteiger partial charge in [-0.2, -0.15) is 13.2 Å². The second kappa shape index (κ2) is 9.79. The molecule has 0 saturated carbocycles. The summed E-state index contributed by atoms with van der Waals surface area (Å²) >= 11 is 0. The van der Waals surface area contributed by atoms with Gasteiger partial charge in [0, 0.05) is 32.4 Å². The molecule has 1 aromatic heterocycles. The largest absolute Gasteiger partial charge is 0.493 e. The van der Waals surface area contributed by atoms with E-state index < -0.39 is 11.7 Å². The van der Waals surface area contributed by atoms with Gasteiger partial charge < -0.3 is 14.5 Å². The minimum atomic E-state index is -4.47. The van der Waals surface area contributed by atoms with Gasteiger partial charge in [0.25, 0.3) is 0 Å². The molecule has 0 spiro atoms. The van der Waals surface area contributed by atoms with Crippen LogP contribution in [0.1, 0.15) is 31.2 Å². The highest BCUT2D eigenvalue weighted by Crippen LogP contribution is 2.36. The molecule has 0 bridgehead atoms. The molecule has 1 unspecified atom stereocenters. The molecule has 2 aliphatic rings. The van der Waals surface area contributed by atoms with Crippen LogP contribution in [0, 0.1) is 11.8 Å². The number of halogens is 3. The van der Waals surface area contributed by atoms with Crippen LogP contribution in [-0.2, 0) is 11.0 Å². The molecule has 3 heterocycles. The third-order valence-electron chi connectivity index (χ3n) is 6.32. The van der Waals surface area contributed by atoms with Crippen molar-refractivity contribution >= 4 is 11.7 Å². The first-order valence-corrected chi connectivity index (χ1v) is 11.2. The lowest BCUT2D eigenvalue weighted by molar-refractivity contribution is -0.137. The summed E-state index contributed by atoms with van der Waals surface area (Å²) in [5.41, 5.74) is -0.743. The molecule has 2 saturated heterocycles. The first-order chi connectivity index (χ1) is 15.4. The van der Waals surface area contributed by atoms with Crippen LogP contribution in [0.3, 0.4) is 0 Å². The molecule has 172 valence electrons. The Morgan fingerprint density at radius 1 is 1.03 bits per heavy atom. The van der Waals surface area contributed by atoms with Crippen LogP contribution < -0.4 is 9.64 Å². The normalized spacial score (nSPS) is 20.3. The van der Waals surface area contributed by atoms with E-state index in [4.69, 9.17) is 4.74 Å². The van der Waals surface area contributed by atoms with E-state index in [0.717, 1.165) is 24.7 Å². The number of aromatic nitrogens is 1. The zero-order valence-corrected chi connectivity index (χ0v) is 17.9. The van der Waals surface area contributed by atoms with Crippen molar-refractivity contribution in [3.8, 4) is 5.75 Å². The number of hydrogen-bond acceptors (Lipinski definition) is 4. The van der Waals surface area contributed by atoms with Crippen LogP contribution in [0.25, 0.3) is 0 Å². The molecule has 1 aromatic carbocycles. The number of ether oxygens (including phenoxy) is 1. The van der Waals surface area contributed by atoms with Gasteiger partial charge in [0.2, 0.25) is 5.91 Å². The Bertz CT molecular complexity index is 899. The zero-order chi connectivity index (χ0) is 22.6. The summed E-state index contributed by atoms with van der Waals surface area (Å²) in [7, 11) is 0. The average molecular weight is 448 g/mol. The fraction of sp³-hybridized carbons (Fsp3) is 0.500. The molecule has 8 heteroatoms. The molecular weight excluding hydrogens is 419 g/mol. The van der Waals surface area contributed by atoms with Gasteiger partial charge in [0.1, 0.15) is 11.6 Å². The summed E-state index contributed by atoms with van der Waals surface area (Å²) in [5.74, 6) is 0.908. The first kappa shape index (κ1) is 22.4. The summed E-state index contributed by atoms with van der Waals surface area (Å²) in [5, 5.41) is 0. The number of anilines is 1. The maximum Gasteiger partial charge on any atom is 0.419 e. The van der Waals surface area contributed by atoms with Gasteiger partial charge in [0.05, 0.1) is 18.1 Å². The van der Waals surface area contributed by atoms with Crippen LogP contribution in [-0.4, -0.2) is 48.6 Å². The quantitative estimate of drug-likeness (QED) is 0.670. The van der Waals surface area contributed by atoms with Gasteiger partial charge >= 0.3 is 6.18 Å². The third-order valence-corrected chi connectivity index (χ3v) is 6.32. The van der Waals surface area contributed by atoms with Crippen LogP contribution in [0.4, 0.5) is 19.0 Å². The van der Waals surface area contributed by atoms with Gasteiger partial charge in [-0.3, -0.25) is 4.79 Å². The van der Waals surface area contributed by atoms with Gasteiger partial charge in [-0.05, 0) is 55.9 Å². The number of likely N-dealkylation sites (tertiary alicyclic amines) is 1. The van der Waals surface area contributed by atoms with Crippen LogP contribution in [0.15, 0.2) is 48.7 Å². The van der Waals surface area contributed by atoms with E-state index in [-0.39, 0.29) is 24.2 Å². The van der Waals surface area contributed by atoms with E-state index in [1.165, 1.54) is 12.3 Å². The molecular formula is C24H28F3N3O2. The smallest absolute Gasteiger partial charge is 0.419 e. The summed E-state index contributed by atoms with van der Waals surface area (Å²) in [6, 6.07) is 12.0. The van der Waals surface area contributed by atoms with Crippen molar-refractivity contribution in [2.75, 3.05) is 37.7 Å². The van der Waals surface area contributed by atoms with Crippen molar-refractivity contribution in [3.63, 3.8) is 0 Å². The molecule has 1 amide bonds. The molecule has 4 rings (SSSR count). The molecule has 2 aliphatic heterocycles. The van der Waals surface area contributed by atoms with E-state index in [2.05, 4.69) is 4.98 Å². The Morgan fingerprint density at radius 3 is 2.50 bits per heavy atom. The maximum atomic E-state index is 13.4. The Morgan fingerprint density at radius 2 is 1.78 bits per heavy atom. The van der Waals surface area contributed by atoms with Gasteiger partial charge in [-0.1, -0.05) is 18.2 Å². The number of amides is 1. The highest BCUT2D eigenvalue weighted by Gasteiger charge is 2.38. The number of piperidine rings is 2. The molecule has 5 nitrogen and oxygen atoms in total. The summed E-state index contributed by atoms with van der Waals surface area (Å²) in [6.45, 7) is 2.70. The lowest BCUT2D eigenvalue weighted by Gasteiger charge is -2.38. The minimum absolute atomic E-state index is 0.0432. The van der Waals surface area contributed by atoms with Crippen molar-refractivity contribution < 1.29 is 22.7 Å². The lowest BCUT2D eigenvalue weighted by Crippen LogP contribution is -2.48. The minimum Gasteiger partial charge on any atom is -0.493 e. The number of hydrogen-bond donors (Lipinski definition) is 0. The van der Waals surface area contributed by atoms with Gasteiger partial charge in [-0.15, -0.1) is 0 Å². The van der Waals surface area contributed by atoms with Crippen molar-refractivity contribution in [2.24, 2.45) is 11.8 Å². The Kier molecular flexibility index (Phi) is 6.86. The number of benzene rings is 1. The van der Waals surface area contributed by atoms with Crippen molar-refractivity contribution in [2.45, 2.75) is 31.9 Å². The second-order valence-electron chi connectivity index (χ2n) is 8.55. The van der Waals surface area contributed by atoms with Crippen molar-refractivity contribution in [1.82, 2.24) is 9.88 Å². The van der Waals surface area contributed by atoms with Crippen LogP contribution in [0.5, 0.6) is 5.75 Å². The number of para-hydroxylation sites is 1. The van der Waals surface area contributed by atoms with Crippen LogP contribution in [0.2, 0.25) is 0 Å². The number of pyridine rings is 1. The van der Waals surface area contributed by atoms with Crippen LogP contribution >= 0.6 is 0 Å². The van der Waals surface area contributed by atoms with Gasteiger partial charge in [-0.25, -0.2) is 4.98 Å². The van der Waals surface area contributed by atoms with E-state index in [9.17, 15) is 18.0 Å². The van der Waals surface area contributed by atoms with E-state index in [0.29, 0.717) is 45.0 Å². The average Bonchev–Trinajstić information content (AvgIpc) is 2.83. The SMILES string of the molecule is O=C(C1CCCN(c2ncccc2C(F)(F)F)C1)N1CCC(COc2ccccc2)CC1. The number of carbonyl (C=O) groups is 1. The number of alkyl halides is 3. The van der Waals surface area contributed by atoms with E-state index >= 15 is 0 Å². The third kappa shape index (κ3) is 5.34. The predicted octanol–water partition coefficient (Wildman–Crippen LogP) is 4.63. The fourth-order valence-corrected chi connectivity index (χ4v) is 4.55. The summed E-state index contributed by atoms with van der Waals surface area (Å²) < 4.78 is 46.1. The first-order valence-electron chi connectivity index (χ1n) is 11.2. The Balaban J connectivity index is 1.32. The molecule has 1 atom stereocenters. The van der Waals surface area contributed by atoms with E-state index in [1.807, 2.05) is 35.2 Å². The molecule has 0 N–H and O–H groups in total. The lowest BCUT2D eigenvalue weighted by atomic mass is 9.93. The zero-order valence-electron chi connectivity index (χ0n) is 17.9. The Hall–Kier alpha value is -2.77. The number of nitrogens with zero attached hydrogens (tertiary/aromatic N) is 3. The predicted molar refractivity (Wildman–Crippen MR) is 115 cm³/mol. The van der Waals surface area contributed by atoms with Gasteiger partial charge in [0.15, 0.2) is 0 Å². The Labute approximate surface area is 186 Å². The molecule has 0 aliphatic carbocycles.